The molecule has 0 spiro atoms. The minimum Gasteiger partial charge on any atom is -0.466 e. The molecule has 2 aromatic carbocycles. The summed E-state index contributed by atoms with van der Waals surface area (Å²) >= 11 is 0. The largest absolute Gasteiger partial charge is 0.466 e. The third kappa shape index (κ3) is 3.09. The molecule has 0 saturated carbocycles. The Balaban J connectivity index is 1.83. The Morgan fingerprint density at radius 3 is 2.86 bits per heavy atom. The zero-order valence-electron chi connectivity index (χ0n) is 16.4. The number of carbonyl (C=O) groups excluding carboxylic acids is 2. The molecular weight excluding hydrogens is 354 g/mol. The molecule has 0 aliphatic heterocycles. The van der Waals surface area contributed by atoms with Gasteiger partial charge in [-0.05, 0) is 54.7 Å². The van der Waals surface area contributed by atoms with Crippen molar-refractivity contribution in [2.45, 2.75) is 39.0 Å². The van der Waals surface area contributed by atoms with Gasteiger partial charge in [-0.3, -0.25) is 9.59 Å². The van der Waals surface area contributed by atoms with Crippen LogP contribution in [0.5, 0.6) is 0 Å². The van der Waals surface area contributed by atoms with Gasteiger partial charge in [-0.2, -0.15) is 0 Å². The Hall–Kier alpha value is -3.02. The van der Waals surface area contributed by atoms with Gasteiger partial charge in [0.2, 0.25) is 0 Å². The smallest absolute Gasteiger partial charge is 0.306 e. The number of rotatable bonds is 5. The summed E-state index contributed by atoms with van der Waals surface area (Å²) < 4.78 is 6.96. The Labute approximate surface area is 163 Å². The van der Waals surface area contributed by atoms with E-state index < -0.39 is 0 Å². The number of Topliss-reactive ketones (excluding diaryl/α,β-unsaturated/α-hetero) is 1. The SMILES string of the molecule is CCOC(=O)C[C@H](c1ccc2c(c1)C(=O)CC2)c1ccc2c(nnn2C)c1C. The highest BCUT2D eigenvalue weighted by molar-refractivity contribution is 6.00. The first-order valence-electron chi connectivity index (χ1n) is 9.60. The Morgan fingerprint density at radius 2 is 2.07 bits per heavy atom. The number of ether oxygens (including phenoxy) is 1. The van der Waals surface area contributed by atoms with Crippen LogP contribution in [0.3, 0.4) is 0 Å². The molecule has 1 heterocycles. The second-order valence-electron chi connectivity index (χ2n) is 7.26. The lowest BCUT2D eigenvalue weighted by molar-refractivity contribution is -0.143. The molecule has 0 bridgehead atoms. The molecule has 1 atom stereocenters. The summed E-state index contributed by atoms with van der Waals surface area (Å²) in [5.74, 6) is -0.282. The van der Waals surface area contributed by atoms with Gasteiger partial charge >= 0.3 is 5.97 Å². The highest BCUT2D eigenvalue weighted by Gasteiger charge is 2.26. The van der Waals surface area contributed by atoms with Gasteiger partial charge in [0.05, 0.1) is 18.5 Å². The molecule has 4 rings (SSSR count). The lowest BCUT2D eigenvalue weighted by atomic mass is 9.84. The molecule has 28 heavy (non-hydrogen) atoms. The monoisotopic (exact) mass is 377 g/mol. The molecule has 6 nitrogen and oxygen atoms in total. The van der Waals surface area contributed by atoms with Gasteiger partial charge < -0.3 is 4.74 Å². The number of ketones is 1. The summed E-state index contributed by atoms with van der Waals surface area (Å²) in [6.07, 6.45) is 1.57. The number of esters is 1. The van der Waals surface area contributed by atoms with Crippen molar-refractivity contribution in [3.05, 3.63) is 58.1 Å². The maximum Gasteiger partial charge on any atom is 0.306 e. The lowest BCUT2D eigenvalue weighted by Gasteiger charge is -2.20. The fourth-order valence-electron chi connectivity index (χ4n) is 4.09. The summed E-state index contributed by atoms with van der Waals surface area (Å²) in [6, 6.07) is 10.0. The van der Waals surface area contributed by atoms with Crippen molar-refractivity contribution in [3.8, 4) is 0 Å². The van der Waals surface area contributed by atoms with E-state index in [9.17, 15) is 9.59 Å². The van der Waals surface area contributed by atoms with Gasteiger partial charge in [0.25, 0.3) is 0 Å². The average Bonchev–Trinajstić information content (AvgIpc) is 3.24. The van der Waals surface area contributed by atoms with Gasteiger partial charge in [-0.1, -0.05) is 23.4 Å². The van der Waals surface area contributed by atoms with E-state index in [1.165, 1.54) is 0 Å². The normalized spacial score (nSPS) is 14.3. The third-order valence-electron chi connectivity index (χ3n) is 5.59. The van der Waals surface area contributed by atoms with Gasteiger partial charge in [0, 0.05) is 24.9 Å². The van der Waals surface area contributed by atoms with Crippen molar-refractivity contribution in [1.82, 2.24) is 15.0 Å². The number of aromatic nitrogens is 3. The highest BCUT2D eigenvalue weighted by Crippen LogP contribution is 2.35. The van der Waals surface area contributed by atoms with Crippen LogP contribution in [0.2, 0.25) is 0 Å². The highest BCUT2D eigenvalue weighted by atomic mass is 16.5. The van der Waals surface area contributed by atoms with Crippen LogP contribution in [-0.2, 0) is 23.0 Å². The Bertz CT molecular complexity index is 1080. The third-order valence-corrected chi connectivity index (χ3v) is 5.59. The van der Waals surface area contributed by atoms with Crippen LogP contribution in [0.15, 0.2) is 30.3 Å². The molecule has 0 saturated heterocycles. The minimum absolute atomic E-state index is 0.174. The fourth-order valence-corrected chi connectivity index (χ4v) is 4.09. The molecule has 0 amide bonds. The second-order valence-corrected chi connectivity index (χ2v) is 7.26. The van der Waals surface area contributed by atoms with Crippen molar-refractivity contribution < 1.29 is 14.3 Å². The van der Waals surface area contributed by atoms with Crippen molar-refractivity contribution in [3.63, 3.8) is 0 Å². The number of benzene rings is 2. The van der Waals surface area contributed by atoms with Crippen LogP contribution in [0.1, 0.15) is 58.3 Å². The van der Waals surface area contributed by atoms with E-state index in [4.69, 9.17) is 4.74 Å². The maximum absolute atomic E-state index is 12.4. The van der Waals surface area contributed by atoms with E-state index in [1.54, 1.807) is 11.6 Å². The van der Waals surface area contributed by atoms with Crippen molar-refractivity contribution in [2.75, 3.05) is 6.61 Å². The van der Waals surface area contributed by atoms with Gasteiger partial charge in [-0.15, -0.1) is 5.10 Å². The maximum atomic E-state index is 12.4. The number of carbonyl (C=O) groups is 2. The van der Waals surface area contributed by atoms with Gasteiger partial charge in [0.15, 0.2) is 5.78 Å². The minimum atomic E-state index is -0.252. The van der Waals surface area contributed by atoms with E-state index in [1.807, 2.05) is 44.3 Å². The van der Waals surface area contributed by atoms with Crippen LogP contribution < -0.4 is 0 Å². The Morgan fingerprint density at radius 1 is 1.25 bits per heavy atom. The molecule has 0 radical (unpaired) electrons. The van der Waals surface area contributed by atoms with Crippen LogP contribution in [-0.4, -0.2) is 33.4 Å². The number of fused-ring (bicyclic) bond motifs is 2. The summed E-state index contributed by atoms with van der Waals surface area (Å²) in [5.41, 5.74) is 6.59. The van der Waals surface area contributed by atoms with E-state index in [2.05, 4.69) is 10.3 Å². The molecule has 0 unspecified atom stereocenters. The van der Waals surface area contributed by atoms with Crippen LogP contribution in [0.4, 0.5) is 0 Å². The van der Waals surface area contributed by atoms with E-state index in [0.29, 0.717) is 13.0 Å². The molecule has 1 aromatic heterocycles. The number of nitrogens with zero attached hydrogens (tertiary/aromatic N) is 3. The first-order chi connectivity index (χ1) is 13.5. The quantitative estimate of drug-likeness (QED) is 0.636. The van der Waals surface area contributed by atoms with E-state index in [0.717, 1.165) is 45.3 Å². The summed E-state index contributed by atoms with van der Waals surface area (Å²) in [5, 5.41) is 8.39. The first-order valence-corrected chi connectivity index (χ1v) is 9.60. The average molecular weight is 377 g/mol. The summed E-state index contributed by atoms with van der Waals surface area (Å²) in [4.78, 5) is 24.6. The number of hydrogen-bond donors (Lipinski definition) is 0. The molecule has 6 heteroatoms. The number of hydrogen-bond acceptors (Lipinski definition) is 5. The van der Waals surface area contributed by atoms with Crippen molar-refractivity contribution in [1.29, 1.82) is 0 Å². The van der Waals surface area contributed by atoms with Crippen LogP contribution >= 0.6 is 0 Å². The molecule has 144 valence electrons. The van der Waals surface area contributed by atoms with Gasteiger partial charge in [0.1, 0.15) is 5.52 Å². The molecule has 0 fully saturated rings. The predicted molar refractivity (Wildman–Crippen MR) is 105 cm³/mol. The van der Waals surface area contributed by atoms with Crippen LogP contribution in [0, 0.1) is 6.92 Å². The second kappa shape index (κ2) is 7.19. The van der Waals surface area contributed by atoms with Crippen molar-refractivity contribution >= 4 is 22.8 Å². The topological polar surface area (TPSA) is 74.1 Å². The summed E-state index contributed by atoms with van der Waals surface area (Å²) in [6.45, 7) is 4.15. The van der Waals surface area contributed by atoms with Gasteiger partial charge in [-0.25, -0.2) is 4.68 Å². The van der Waals surface area contributed by atoms with Crippen LogP contribution in [0.25, 0.3) is 11.0 Å². The molecule has 1 aliphatic carbocycles. The van der Waals surface area contributed by atoms with E-state index >= 15 is 0 Å². The van der Waals surface area contributed by atoms with Crippen molar-refractivity contribution in [2.24, 2.45) is 7.05 Å². The molecule has 1 aliphatic rings. The zero-order valence-corrected chi connectivity index (χ0v) is 16.4. The standard InChI is InChI=1S/C22H23N3O3/c1-4-28-21(27)12-17(15-6-5-14-7-10-20(26)18(14)11-15)16-8-9-19-22(13(16)2)23-24-25(19)3/h5-6,8-9,11,17H,4,7,10,12H2,1-3H3/t17-/m1/s1. The lowest BCUT2D eigenvalue weighted by Crippen LogP contribution is -2.13. The number of aryl methyl sites for hydroxylation is 3. The summed E-state index contributed by atoms with van der Waals surface area (Å²) in [7, 11) is 1.86. The zero-order chi connectivity index (χ0) is 19.8. The molecule has 3 aromatic rings. The molecular formula is C22H23N3O3. The fraction of sp³-hybridized carbons (Fsp3) is 0.364. The Kier molecular flexibility index (Phi) is 4.71. The van der Waals surface area contributed by atoms with E-state index in [-0.39, 0.29) is 24.1 Å². The molecule has 0 N–H and O–H groups in total. The predicted octanol–water partition coefficient (Wildman–Crippen LogP) is 3.49. The first kappa shape index (κ1) is 18.3.